The van der Waals surface area contributed by atoms with Crippen LogP contribution >= 0.6 is 23.2 Å². The van der Waals surface area contributed by atoms with Crippen molar-refractivity contribution in [3.63, 3.8) is 0 Å². The van der Waals surface area contributed by atoms with E-state index in [0.717, 1.165) is 22.4 Å². The first-order valence-corrected chi connectivity index (χ1v) is 10.0. The minimum atomic E-state index is -0.234. The highest BCUT2D eigenvalue weighted by molar-refractivity contribution is 6.31. The molecular formula is C24H21Cl2NO3. The van der Waals surface area contributed by atoms with Crippen LogP contribution in [0, 0.1) is 6.92 Å². The summed E-state index contributed by atoms with van der Waals surface area (Å²) in [4.78, 5) is 12.2. The average Bonchev–Trinajstić information content (AvgIpc) is 2.74. The van der Waals surface area contributed by atoms with Gasteiger partial charge >= 0.3 is 0 Å². The fourth-order valence-corrected chi connectivity index (χ4v) is 3.12. The number of hydrogen-bond acceptors (Lipinski definition) is 3. The largest absolute Gasteiger partial charge is 0.493 e. The maximum absolute atomic E-state index is 12.2. The van der Waals surface area contributed by atoms with Gasteiger partial charge in [0.2, 0.25) is 5.91 Å². The number of carbonyl (C=O) groups excluding carboxylic acids is 1. The first-order valence-electron chi connectivity index (χ1n) is 9.25. The molecule has 0 heterocycles. The Bertz CT molecular complexity index is 1060. The summed E-state index contributed by atoms with van der Waals surface area (Å²) in [6, 6.07) is 18.3. The summed E-state index contributed by atoms with van der Waals surface area (Å²) in [7, 11) is 1.58. The minimum Gasteiger partial charge on any atom is -0.493 e. The zero-order chi connectivity index (χ0) is 21.5. The molecule has 0 saturated carbocycles. The predicted molar refractivity (Wildman–Crippen MR) is 123 cm³/mol. The summed E-state index contributed by atoms with van der Waals surface area (Å²) in [5.41, 5.74) is 3.43. The van der Waals surface area contributed by atoms with Crippen LogP contribution in [-0.2, 0) is 11.4 Å². The molecule has 6 heteroatoms. The quantitative estimate of drug-likeness (QED) is 0.423. The molecule has 0 aliphatic carbocycles. The Morgan fingerprint density at radius 1 is 0.967 bits per heavy atom. The summed E-state index contributed by atoms with van der Waals surface area (Å²) >= 11 is 11.8. The lowest BCUT2D eigenvalue weighted by molar-refractivity contribution is -0.111. The summed E-state index contributed by atoms with van der Waals surface area (Å²) in [5.74, 6) is 0.966. The second-order valence-corrected chi connectivity index (χ2v) is 7.48. The van der Waals surface area contributed by atoms with Gasteiger partial charge in [-0.05, 0) is 72.2 Å². The number of halogens is 2. The Morgan fingerprint density at radius 3 is 2.40 bits per heavy atom. The number of anilines is 1. The topological polar surface area (TPSA) is 47.6 Å². The van der Waals surface area contributed by atoms with E-state index in [0.29, 0.717) is 28.2 Å². The number of amides is 1. The lowest BCUT2D eigenvalue weighted by Gasteiger charge is -2.11. The van der Waals surface area contributed by atoms with Gasteiger partial charge in [0.1, 0.15) is 6.61 Å². The zero-order valence-corrected chi connectivity index (χ0v) is 18.1. The Balaban J connectivity index is 1.64. The minimum absolute atomic E-state index is 0.234. The second kappa shape index (κ2) is 10.2. The van der Waals surface area contributed by atoms with E-state index in [1.165, 1.54) is 6.08 Å². The van der Waals surface area contributed by atoms with Crippen molar-refractivity contribution in [2.45, 2.75) is 13.5 Å². The van der Waals surface area contributed by atoms with Crippen molar-refractivity contribution in [3.05, 3.63) is 93.5 Å². The maximum atomic E-state index is 12.2. The molecule has 154 valence electrons. The molecule has 4 nitrogen and oxygen atoms in total. The number of carbonyl (C=O) groups is 1. The highest BCUT2D eigenvalue weighted by atomic mass is 35.5. The molecule has 3 aromatic carbocycles. The number of rotatable bonds is 7. The number of nitrogens with one attached hydrogen (secondary N) is 1. The van der Waals surface area contributed by atoms with Crippen LogP contribution < -0.4 is 14.8 Å². The number of benzene rings is 3. The molecule has 1 amide bonds. The molecule has 0 fully saturated rings. The van der Waals surface area contributed by atoms with Gasteiger partial charge in [-0.1, -0.05) is 41.4 Å². The molecule has 0 saturated heterocycles. The third kappa shape index (κ3) is 6.02. The van der Waals surface area contributed by atoms with Gasteiger partial charge in [-0.15, -0.1) is 0 Å². The molecule has 30 heavy (non-hydrogen) atoms. The monoisotopic (exact) mass is 441 g/mol. The number of hydrogen-bond donors (Lipinski definition) is 1. The van der Waals surface area contributed by atoms with Crippen molar-refractivity contribution < 1.29 is 14.3 Å². The van der Waals surface area contributed by atoms with Crippen LogP contribution in [0.25, 0.3) is 6.08 Å². The Morgan fingerprint density at radius 2 is 1.70 bits per heavy atom. The highest BCUT2D eigenvalue weighted by Crippen LogP contribution is 2.29. The standard InChI is InChI=1S/C24H21Cl2NO3/c1-16-13-20(26)9-10-21(16)27-24(28)12-6-17-5-11-22(23(14-17)29-2)30-15-18-3-7-19(25)8-4-18/h3-14H,15H2,1-2H3,(H,27,28)/b12-6+. The number of ether oxygens (including phenoxy) is 2. The number of methoxy groups -OCH3 is 1. The molecule has 3 rings (SSSR count). The van der Waals surface area contributed by atoms with Crippen LogP contribution in [-0.4, -0.2) is 13.0 Å². The van der Waals surface area contributed by atoms with Gasteiger partial charge in [0.05, 0.1) is 7.11 Å². The Hall–Kier alpha value is -2.95. The van der Waals surface area contributed by atoms with E-state index in [1.54, 1.807) is 31.4 Å². The van der Waals surface area contributed by atoms with Crippen molar-refractivity contribution in [2.75, 3.05) is 12.4 Å². The van der Waals surface area contributed by atoms with E-state index in [4.69, 9.17) is 32.7 Å². The van der Waals surface area contributed by atoms with Crippen molar-refractivity contribution in [3.8, 4) is 11.5 Å². The first kappa shape index (κ1) is 21.8. The second-order valence-electron chi connectivity index (χ2n) is 6.61. The fourth-order valence-electron chi connectivity index (χ4n) is 2.76. The molecule has 0 aliphatic rings. The molecule has 3 aromatic rings. The van der Waals surface area contributed by atoms with Crippen LogP contribution in [0.15, 0.2) is 66.7 Å². The highest BCUT2D eigenvalue weighted by Gasteiger charge is 2.07. The van der Waals surface area contributed by atoms with E-state index in [-0.39, 0.29) is 5.91 Å². The van der Waals surface area contributed by atoms with Gasteiger partial charge in [-0.25, -0.2) is 0 Å². The lowest BCUT2D eigenvalue weighted by atomic mass is 10.1. The molecule has 1 N–H and O–H groups in total. The normalized spacial score (nSPS) is 10.8. The van der Waals surface area contributed by atoms with Crippen LogP contribution in [0.5, 0.6) is 11.5 Å². The average molecular weight is 442 g/mol. The zero-order valence-electron chi connectivity index (χ0n) is 16.6. The maximum Gasteiger partial charge on any atom is 0.248 e. The Labute approximate surface area is 186 Å². The third-order valence-corrected chi connectivity index (χ3v) is 4.86. The van der Waals surface area contributed by atoms with E-state index >= 15 is 0 Å². The van der Waals surface area contributed by atoms with E-state index in [9.17, 15) is 4.79 Å². The van der Waals surface area contributed by atoms with E-state index in [2.05, 4.69) is 5.32 Å². The molecule has 0 spiro atoms. The van der Waals surface area contributed by atoms with Crippen LogP contribution in [0.1, 0.15) is 16.7 Å². The first-order chi connectivity index (χ1) is 14.4. The molecular weight excluding hydrogens is 421 g/mol. The van der Waals surface area contributed by atoms with Gasteiger partial charge in [0, 0.05) is 21.8 Å². The van der Waals surface area contributed by atoms with Crippen LogP contribution in [0.4, 0.5) is 5.69 Å². The number of aryl methyl sites for hydroxylation is 1. The molecule has 0 atom stereocenters. The van der Waals surface area contributed by atoms with Gasteiger partial charge < -0.3 is 14.8 Å². The SMILES string of the molecule is COc1cc(/C=C/C(=O)Nc2ccc(Cl)cc2C)ccc1OCc1ccc(Cl)cc1. The van der Waals surface area contributed by atoms with E-state index < -0.39 is 0 Å². The fraction of sp³-hybridized carbons (Fsp3) is 0.125. The molecule has 0 aromatic heterocycles. The summed E-state index contributed by atoms with van der Waals surface area (Å²) in [5, 5.41) is 4.15. The van der Waals surface area contributed by atoms with Crippen molar-refractivity contribution in [1.82, 2.24) is 0 Å². The third-order valence-electron chi connectivity index (χ3n) is 4.37. The van der Waals surface area contributed by atoms with Gasteiger partial charge in [-0.3, -0.25) is 4.79 Å². The lowest BCUT2D eigenvalue weighted by Crippen LogP contribution is -2.08. The molecule has 0 unspecified atom stereocenters. The van der Waals surface area contributed by atoms with Gasteiger partial charge in [0.25, 0.3) is 0 Å². The summed E-state index contributed by atoms with van der Waals surface area (Å²) < 4.78 is 11.3. The van der Waals surface area contributed by atoms with E-state index in [1.807, 2.05) is 49.4 Å². The van der Waals surface area contributed by atoms with Crippen molar-refractivity contribution in [1.29, 1.82) is 0 Å². The molecule has 0 radical (unpaired) electrons. The molecule has 0 aliphatic heterocycles. The Kier molecular flexibility index (Phi) is 7.39. The van der Waals surface area contributed by atoms with Gasteiger partial charge in [0.15, 0.2) is 11.5 Å². The van der Waals surface area contributed by atoms with Crippen LogP contribution in [0.3, 0.4) is 0 Å². The summed E-state index contributed by atoms with van der Waals surface area (Å²) in [6.07, 6.45) is 3.18. The van der Waals surface area contributed by atoms with Crippen LogP contribution in [0.2, 0.25) is 10.0 Å². The van der Waals surface area contributed by atoms with Crippen molar-refractivity contribution in [2.24, 2.45) is 0 Å². The molecule has 0 bridgehead atoms. The van der Waals surface area contributed by atoms with Gasteiger partial charge in [-0.2, -0.15) is 0 Å². The predicted octanol–water partition coefficient (Wildman–Crippen LogP) is 6.54. The smallest absolute Gasteiger partial charge is 0.248 e. The summed E-state index contributed by atoms with van der Waals surface area (Å²) in [6.45, 7) is 2.28. The van der Waals surface area contributed by atoms with Crippen molar-refractivity contribution >= 4 is 40.9 Å².